The molecule has 1 atom stereocenters. The van der Waals surface area contributed by atoms with Crippen molar-refractivity contribution in [3.05, 3.63) is 18.2 Å². The highest BCUT2D eigenvalue weighted by Gasteiger charge is 2.45. The Kier molecular flexibility index (Phi) is 2.30. The number of nitrogen functional groups attached to an aromatic ring is 1. The first kappa shape index (κ1) is 11.4. The van der Waals surface area contributed by atoms with Crippen LogP contribution >= 0.6 is 0 Å². The van der Waals surface area contributed by atoms with Crippen LogP contribution in [0.15, 0.2) is 18.2 Å². The molecular formula is C14H19N3O. The summed E-state index contributed by atoms with van der Waals surface area (Å²) in [5.41, 5.74) is 8.41. The third-order valence-corrected chi connectivity index (χ3v) is 4.11. The summed E-state index contributed by atoms with van der Waals surface area (Å²) in [5, 5.41) is 0. The second-order valence-corrected chi connectivity index (χ2v) is 5.80. The maximum Gasteiger partial charge on any atom is 0.201 e. The predicted octanol–water partition coefficient (Wildman–Crippen LogP) is 2.67. The maximum absolute atomic E-state index is 6.04. The van der Waals surface area contributed by atoms with E-state index in [1.807, 2.05) is 12.1 Å². The largest absolute Gasteiger partial charge is 0.494 e. The molecule has 1 unspecified atom stereocenters. The van der Waals surface area contributed by atoms with E-state index < -0.39 is 0 Å². The predicted molar refractivity (Wildman–Crippen MR) is 72.6 cm³/mol. The zero-order chi connectivity index (χ0) is 12.9. The average Bonchev–Trinajstić information content (AvgIpc) is 2.80. The van der Waals surface area contributed by atoms with E-state index in [0.717, 1.165) is 23.3 Å². The Bertz CT molecular complexity index is 600. The van der Waals surface area contributed by atoms with Gasteiger partial charge >= 0.3 is 0 Å². The van der Waals surface area contributed by atoms with Gasteiger partial charge in [-0.3, -0.25) is 0 Å². The van der Waals surface area contributed by atoms with Gasteiger partial charge in [0.25, 0.3) is 0 Å². The van der Waals surface area contributed by atoms with Crippen LogP contribution in [0.1, 0.15) is 20.3 Å². The molecule has 1 fully saturated rings. The zero-order valence-electron chi connectivity index (χ0n) is 11.1. The molecule has 1 aliphatic carbocycles. The molecule has 4 heteroatoms. The monoisotopic (exact) mass is 245 g/mol. The fraction of sp³-hybridized carbons (Fsp3) is 0.500. The summed E-state index contributed by atoms with van der Waals surface area (Å²) in [6.45, 7) is 5.55. The fourth-order valence-electron chi connectivity index (χ4n) is 2.60. The molecule has 4 nitrogen and oxygen atoms in total. The summed E-state index contributed by atoms with van der Waals surface area (Å²) in [6.07, 6.45) is 1.26. The highest BCUT2D eigenvalue weighted by Crippen LogP contribution is 2.52. The SMILES string of the molecule is COc1cccc2c1nc(N)n2CC1CC1(C)C. The molecule has 0 radical (unpaired) electrons. The fourth-order valence-corrected chi connectivity index (χ4v) is 2.60. The molecule has 1 aliphatic rings. The number of hydrogen-bond acceptors (Lipinski definition) is 3. The first-order valence-electron chi connectivity index (χ1n) is 6.31. The number of fused-ring (bicyclic) bond motifs is 1. The number of benzene rings is 1. The highest BCUT2D eigenvalue weighted by atomic mass is 16.5. The second-order valence-electron chi connectivity index (χ2n) is 5.80. The van der Waals surface area contributed by atoms with Gasteiger partial charge in [0.1, 0.15) is 11.3 Å². The van der Waals surface area contributed by atoms with Crippen LogP contribution in [0, 0.1) is 11.3 Å². The van der Waals surface area contributed by atoms with Crippen LogP contribution in [0.25, 0.3) is 11.0 Å². The van der Waals surface area contributed by atoms with Crippen molar-refractivity contribution >= 4 is 17.0 Å². The van der Waals surface area contributed by atoms with Crippen molar-refractivity contribution in [2.24, 2.45) is 11.3 Å². The van der Waals surface area contributed by atoms with Gasteiger partial charge in [-0.15, -0.1) is 0 Å². The van der Waals surface area contributed by atoms with Crippen LogP contribution in [0.2, 0.25) is 0 Å². The Hall–Kier alpha value is -1.71. The quantitative estimate of drug-likeness (QED) is 0.904. The molecule has 0 saturated heterocycles. The maximum atomic E-state index is 6.04. The van der Waals surface area contributed by atoms with Crippen LogP contribution in [-0.4, -0.2) is 16.7 Å². The molecule has 1 aromatic carbocycles. The number of para-hydroxylation sites is 1. The van der Waals surface area contributed by atoms with E-state index in [-0.39, 0.29) is 0 Å². The van der Waals surface area contributed by atoms with Gasteiger partial charge in [-0.2, -0.15) is 0 Å². The van der Waals surface area contributed by atoms with E-state index in [2.05, 4.69) is 29.5 Å². The molecule has 2 N–H and O–H groups in total. The first-order valence-corrected chi connectivity index (χ1v) is 6.31. The number of nitrogens with two attached hydrogens (primary N) is 1. The van der Waals surface area contributed by atoms with Crippen molar-refractivity contribution in [1.82, 2.24) is 9.55 Å². The van der Waals surface area contributed by atoms with E-state index in [1.54, 1.807) is 7.11 Å². The van der Waals surface area contributed by atoms with Gasteiger partial charge < -0.3 is 15.0 Å². The van der Waals surface area contributed by atoms with Gasteiger partial charge in [-0.1, -0.05) is 19.9 Å². The van der Waals surface area contributed by atoms with Crippen molar-refractivity contribution in [2.45, 2.75) is 26.8 Å². The summed E-state index contributed by atoms with van der Waals surface area (Å²) in [6, 6.07) is 5.95. The zero-order valence-corrected chi connectivity index (χ0v) is 11.1. The highest BCUT2D eigenvalue weighted by molar-refractivity contribution is 5.84. The van der Waals surface area contributed by atoms with Crippen molar-refractivity contribution in [2.75, 3.05) is 12.8 Å². The number of aromatic nitrogens is 2. The van der Waals surface area contributed by atoms with Gasteiger partial charge in [0.05, 0.1) is 12.6 Å². The van der Waals surface area contributed by atoms with Gasteiger partial charge in [0, 0.05) is 6.54 Å². The van der Waals surface area contributed by atoms with Crippen LogP contribution in [0.3, 0.4) is 0 Å². The molecule has 0 spiro atoms. The molecule has 1 aromatic heterocycles. The second kappa shape index (κ2) is 3.64. The minimum Gasteiger partial charge on any atom is -0.494 e. The van der Waals surface area contributed by atoms with Crippen LogP contribution in [-0.2, 0) is 6.54 Å². The van der Waals surface area contributed by atoms with Crippen LogP contribution in [0.4, 0.5) is 5.95 Å². The van der Waals surface area contributed by atoms with Crippen molar-refractivity contribution in [3.8, 4) is 5.75 Å². The molecule has 0 bridgehead atoms. The molecule has 1 heterocycles. The van der Waals surface area contributed by atoms with E-state index in [4.69, 9.17) is 10.5 Å². The lowest BCUT2D eigenvalue weighted by atomic mass is 10.1. The number of nitrogens with zero attached hydrogens (tertiary/aromatic N) is 2. The molecule has 3 rings (SSSR count). The molecule has 0 aliphatic heterocycles. The van der Waals surface area contributed by atoms with E-state index in [9.17, 15) is 0 Å². The number of imidazole rings is 1. The Labute approximate surface area is 107 Å². The van der Waals surface area contributed by atoms with Gasteiger partial charge in [-0.05, 0) is 29.9 Å². The minimum atomic E-state index is 0.446. The number of ether oxygens (including phenoxy) is 1. The van der Waals surface area contributed by atoms with Gasteiger partial charge in [0.2, 0.25) is 5.95 Å². The summed E-state index contributed by atoms with van der Waals surface area (Å²) in [4.78, 5) is 4.43. The number of anilines is 1. The lowest BCUT2D eigenvalue weighted by Gasteiger charge is -2.08. The minimum absolute atomic E-state index is 0.446. The normalized spacial score (nSPS) is 21.2. The van der Waals surface area contributed by atoms with Crippen LogP contribution in [0.5, 0.6) is 5.75 Å². The molecule has 96 valence electrons. The smallest absolute Gasteiger partial charge is 0.201 e. The average molecular weight is 245 g/mol. The summed E-state index contributed by atoms with van der Waals surface area (Å²) in [7, 11) is 1.66. The molecule has 2 aromatic rings. The standard InChI is InChI=1S/C14H19N3O/c1-14(2)7-9(14)8-17-10-5-4-6-11(18-3)12(10)16-13(17)15/h4-6,9H,7-8H2,1-3H3,(H2,15,16). The summed E-state index contributed by atoms with van der Waals surface area (Å²) >= 11 is 0. The van der Waals surface area contributed by atoms with Gasteiger partial charge in [0.15, 0.2) is 0 Å². The van der Waals surface area contributed by atoms with Crippen molar-refractivity contribution in [3.63, 3.8) is 0 Å². The molecule has 18 heavy (non-hydrogen) atoms. The lowest BCUT2D eigenvalue weighted by molar-refractivity contribution is 0.419. The Morgan fingerprint density at radius 3 is 2.83 bits per heavy atom. The van der Waals surface area contributed by atoms with E-state index in [1.165, 1.54) is 6.42 Å². The summed E-state index contributed by atoms with van der Waals surface area (Å²) in [5.74, 6) is 2.06. The molecular weight excluding hydrogens is 226 g/mol. The third kappa shape index (κ3) is 1.64. The third-order valence-electron chi connectivity index (χ3n) is 4.11. The summed E-state index contributed by atoms with van der Waals surface area (Å²) < 4.78 is 7.43. The number of hydrogen-bond donors (Lipinski definition) is 1. The first-order chi connectivity index (χ1) is 8.53. The number of methoxy groups -OCH3 is 1. The lowest BCUT2D eigenvalue weighted by Crippen LogP contribution is -2.07. The van der Waals surface area contributed by atoms with E-state index in [0.29, 0.717) is 17.3 Å². The Morgan fingerprint density at radius 2 is 2.22 bits per heavy atom. The Morgan fingerprint density at radius 1 is 1.50 bits per heavy atom. The Balaban J connectivity index is 2.04. The molecule has 1 saturated carbocycles. The number of rotatable bonds is 3. The van der Waals surface area contributed by atoms with Crippen molar-refractivity contribution < 1.29 is 4.74 Å². The van der Waals surface area contributed by atoms with E-state index >= 15 is 0 Å². The van der Waals surface area contributed by atoms with Crippen LogP contribution < -0.4 is 10.5 Å². The van der Waals surface area contributed by atoms with Crippen molar-refractivity contribution in [1.29, 1.82) is 0 Å². The van der Waals surface area contributed by atoms with Gasteiger partial charge in [-0.25, -0.2) is 4.98 Å². The topological polar surface area (TPSA) is 53.1 Å². The molecule has 0 amide bonds.